The Labute approximate surface area is 174 Å². The Bertz CT molecular complexity index is 1040. The third-order valence-corrected chi connectivity index (χ3v) is 5.12. The van der Waals surface area contributed by atoms with Crippen molar-refractivity contribution >= 4 is 17.5 Å². The number of rotatable bonds is 6. The van der Waals surface area contributed by atoms with Crippen LogP contribution in [0.1, 0.15) is 12.0 Å². The lowest BCUT2D eigenvalue weighted by Gasteiger charge is -2.16. The third kappa shape index (κ3) is 4.63. The van der Waals surface area contributed by atoms with Crippen molar-refractivity contribution in [3.05, 3.63) is 72.6 Å². The maximum Gasteiger partial charge on any atom is 0.229 e. The Hall–Kier alpha value is -3.74. The normalized spacial score (nSPS) is 15.9. The molecule has 2 heterocycles. The number of hydrogen-bond donors (Lipinski definition) is 2. The minimum atomic E-state index is -0.390. The zero-order chi connectivity index (χ0) is 20.9. The first-order valence-electron chi connectivity index (χ1n) is 9.82. The van der Waals surface area contributed by atoms with Crippen molar-refractivity contribution in [2.75, 3.05) is 18.4 Å². The smallest absolute Gasteiger partial charge is 0.229 e. The topological polar surface area (TPSA) is 95.4 Å². The van der Waals surface area contributed by atoms with E-state index in [1.807, 2.05) is 30.3 Å². The maximum absolute atomic E-state index is 12.6. The lowest BCUT2D eigenvalue weighted by molar-refractivity contribution is -0.128. The quantitative estimate of drug-likeness (QED) is 0.661. The number of nitrogens with one attached hydrogen (secondary N) is 1. The van der Waals surface area contributed by atoms with Crippen molar-refractivity contribution in [1.82, 2.24) is 14.9 Å². The van der Waals surface area contributed by atoms with Gasteiger partial charge in [-0.2, -0.15) is 0 Å². The average molecular weight is 402 g/mol. The standard InChI is InChI=1S/C23H22N4O3/c28-20-8-4-7-17(11-20)22-24-13-19(14-25-22)26-23(30)18-12-21(29)27(15-18)10-9-16-5-2-1-3-6-16/h1-8,11,13-14,18,28H,9-10,12,15H2,(H,26,30). The van der Waals surface area contributed by atoms with E-state index in [0.29, 0.717) is 30.2 Å². The molecule has 0 saturated carbocycles. The van der Waals surface area contributed by atoms with Crippen LogP contribution < -0.4 is 5.32 Å². The van der Waals surface area contributed by atoms with Crippen molar-refractivity contribution in [3.8, 4) is 17.1 Å². The number of carbonyl (C=O) groups is 2. The zero-order valence-corrected chi connectivity index (χ0v) is 16.4. The lowest BCUT2D eigenvalue weighted by atomic mass is 10.1. The maximum atomic E-state index is 12.6. The van der Waals surface area contributed by atoms with Gasteiger partial charge in [0, 0.05) is 25.1 Å². The van der Waals surface area contributed by atoms with Crippen LogP contribution in [0, 0.1) is 5.92 Å². The number of aromatic nitrogens is 2. The number of benzene rings is 2. The molecule has 30 heavy (non-hydrogen) atoms. The number of anilines is 1. The molecule has 0 radical (unpaired) electrons. The summed E-state index contributed by atoms with van der Waals surface area (Å²) in [5.74, 6) is -0.0110. The van der Waals surface area contributed by atoms with Gasteiger partial charge in [-0.15, -0.1) is 0 Å². The molecule has 3 aromatic rings. The monoisotopic (exact) mass is 402 g/mol. The van der Waals surface area contributed by atoms with Gasteiger partial charge in [-0.05, 0) is 24.1 Å². The molecule has 0 aliphatic carbocycles. The van der Waals surface area contributed by atoms with E-state index < -0.39 is 0 Å². The van der Waals surface area contributed by atoms with Gasteiger partial charge >= 0.3 is 0 Å². The van der Waals surface area contributed by atoms with Gasteiger partial charge < -0.3 is 15.3 Å². The Morgan fingerprint density at radius 1 is 1.10 bits per heavy atom. The molecule has 2 aromatic carbocycles. The summed E-state index contributed by atoms with van der Waals surface area (Å²) in [6.45, 7) is 1.02. The lowest BCUT2D eigenvalue weighted by Crippen LogP contribution is -2.30. The molecular formula is C23H22N4O3. The van der Waals surface area contributed by atoms with Crippen LogP contribution in [0.2, 0.25) is 0 Å². The van der Waals surface area contributed by atoms with E-state index in [9.17, 15) is 14.7 Å². The predicted molar refractivity (Wildman–Crippen MR) is 113 cm³/mol. The molecule has 152 valence electrons. The first-order valence-corrected chi connectivity index (χ1v) is 9.82. The number of amides is 2. The minimum absolute atomic E-state index is 0.00145. The van der Waals surface area contributed by atoms with E-state index in [1.54, 1.807) is 29.2 Å². The van der Waals surface area contributed by atoms with Gasteiger partial charge in [0.05, 0.1) is 24.0 Å². The first kappa shape index (κ1) is 19.6. The van der Waals surface area contributed by atoms with Gasteiger partial charge in [0.25, 0.3) is 0 Å². The van der Waals surface area contributed by atoms with Crippen molar-refractivity contribution in [2.45, 2.75) is 12.8 Å². The summed E-state index contributed by atoms with van der Waals surface area (Å²) in [5, 5.41) is 12.4. The Morgan fingerprint density at radius 2 is 1.87 bits per heavy atom. The minimum Gasteiger partial charge on any atom is -0.508 e. The highest BCUT2D eigenvalue weighted by Gasteiger charge is 2.34. The SMILES string of the molecule is O=C(Nc1cnc(-c2cccc(O)c2)nc1)C1CC(=O)N(CCc2ccccc2)C1. The molecule has 7 heteroatoms. The van der Waals surface area contributed by atoms with Gasteiger partial charge in [0.2, 0.25) is 11.8 Å². The molecule has 0 spiro atoms. The summed E-state index contributed by atoms with van der Waals surface area (Å²) in [6, 6.07) is 16.6. The van der Waals surface area contributed by atoms with Crippen molar-refractivity contribution < 1.29 is 14.7 Å². The Kier molecular flexibility index (Phi) is 5.70. The van der Waals surface area contributed by atoms with Gasteiger partial charge in [0.15, 0.2) is 5.82 Å². The third-order valence-electron chi connectivity index (χ3n) is 5.12. The molecule has 0 bridgehead atoms. The van der Waals surface area contributed by atoms with E-state index in [2.05, 4.69) is 15.3 Å². The van der Waals surface area contributed by atoms with Crippen LogP contribution >= 0.6 is 0 Å². The molecule has 1 saturated heterocycles. The molecule has 2 N–H and O–H groups in total. The molecular weight excluding hydrogens is 380 g/mol. The number of likely N-dealkylation sites (tertiary alicyclic amines) is 1. The molecule has 1 aromatic heterocycles. The van der Waals surface area contributed by atoms with Crippen molar-refractivity contribution in [3.63, 3.8) is 0 Å². The number of phenolic OH excluding ortho intramolecular Hbond substituents is 1. The fourth-order valence-electron chi connectivity index (χ4n) is 3.50. The fourth-order valence-corrected chi connectivity index (χ4v) is 3.50. The van der Waals surface area contributed by atoms with Crippen molar-refractivity contribution in [1.29, 1.82) is 0 Å². The second-order valence-corrected chi connectivity index (χ2v) is 7.31. The van der Waals surface area contributed by atoms with E-state index >= 15 is 0 Å². The fraction of sp³-hybridized carbons (Fsp3) is 0.217. The van der Waals surface area contributed by atoms with Crippen LogP contribution in [0.5, 0.6) is 5.75 Å². The van der Waals surface area contributed by atoms with Crippen LogP contribution in [0.15, 0.2) is 67.0 Å². The largest absolute Gasteiger partial charge is 0.508 e. The summed E-state index contributed by atoms with van der Waals surface area (Å²) in [4.78, 5) is 35.1. The Morgan fingerprint density at radius 3 is 2.60 bits per heavy atom. The van der Waals surface area contributed by atoms with E-state index in [0.717, 1.165) is 6.42 Å². The van der Waals surface area contributed by atoms with E-state index in [4.69, 9.17) is 0 Å². The first-order chi connectivity index (χ1) is 14.6. The summed E-state index contributed by atoms with van der Waals surface area (Å²) >= 11 is 0. The van der Waals surface area contributed by atoms with E-state index in [1.165, 1.54) is 18.0 Å². The number of aromatic hydroxyl groups is 1. The van der Waals surface area contributed by atoms with Gasteiger partial charge in [-0.3, -0.25) is 9.59 Å². The van der Waals surface area contributed by atoms with Crippen LogP contribution in [-0.4, -0.2) is 44.9 Å². The molecule has 1 fully saturated rings. The second-order valence-electron chi connectivity index (χ2n) is 7.31. The van der Waals surface area contributed by atoms with Gasteiger partial charge in [-0.25, -0.2) is 9.97 Å². The van der Waals surface area contributed by atoms with Gasteiger partial charge in [0.1, 0.15) is 5.75 Å². The summed E-state index contributed by atoms with van der Waals surface area (Å²) in [7, 11) is 0. The highest BCUT2D eigenvalue weighted by atomic mass is 16.3. The molecule has 2 amide bonds. The Balaban J connectivity index is 1.33. The van der Waals surface area contributed by atoms with Crippen LogP contribution in [0.25, 0.3) is 11.4 Å². The number of phenols is 1. The highest BCUT2D eigenvalue weighted by Crippen LogP contribution is 2.22. The average Bonchev–Trinajstić information content (AvgIpc) is 3.14. The molecule has 1 aliphatic heterocycles. The predicted octanol–water partition coefficient (Wildman–Crippen LogP) is 2.88. The molecule has 7 nitrogen and oxygen atoms in total. The summed E-state index contributed by atoms with van der Waals surface area (Å²) in [5.41, 5.74) is 2.32. The van der Waals surface area contributed by atoms with Crippen LogP contribution in [0.3, 0.4) is 0 Å². The highest BCUT2D eigenvalue weighted by molar-refractivity contribution is 5.97. The summed E-state index contributed by atoms with van der Waals surface area (Å²) < 4.78 is 0. The van der Waals surface area contributed by atoms with Gasteiger partial charge in [-0.1, -0.05) is 42.5 Å². The van der Waals surface area contributed by atoms with Crippen LogP contribution in [-0.2, 0) is 16.0 Å². The molecule has 1 unspecified atom stereocenters. The van der Waals surface area contributed by atoms with Crippen molar-refractivity contribution in [2.24, 2.45) is 5.92 Å². The summed E-state index contributed by atoms with van der Waals surface area (Å²) in [6.07, 6.45) is 4.02. The molecule has 1 aliphatic rings. The number of carbonyl (C=O) groups excluding carboxylic acids is 2. The number of hydrogen-bond acceptors (Lipinski definition) is 5. The number of nitrogens with zero attached hydrogens (tertiary/aromatic N) is 3. The van der Waals surface area contributed by atoms with E-state index in [-0.39, 0.29) is 29.9 Å². The molecule has 1 atom stereocenters. The second kappa shape index (κ2) is 8.73. The zero-order valence-electron chi connectivity index (χ0n) is 16.4. The van der Waals surface area contributed by atoms with Crippen LogP contribution in [0.4, 0.5) is 5.69 Å². The molecule has 4 rings (SSSR count).